The fraction of sp³-hybridized carbons (Fsp3) is 0.444. The first-order valence-electron chi connectivity index (χ1n) is 7.75. The van der Waals surface area contributed by atoms with Gasteiger partial charge in [-0.15, -0.1) is 0 Å². The van der Waals surface area contributed by atoms with Gasteiger partial charge in [-0.05, 0) is 35.2 Å². The summed E-state index contributed by atoms with van der Waals surface area (Å²) in [5.74, 6) is 0.846. The molecule has 2 aromatic rings. The molecular weight excluding hydrogens is 244 g/mol. The van der Waals surface area contributed by atoms with Gasteiger partial charge in [-0.1, -0.05) is 55.8 Å². The van der Waals surface area contributed by atoms with Crippen LogP contribution in [0.1, 0.15) is 31.4 Å². The maximum Gasteiger partial charge on any atom is 0.0476 e. The van der Waals surface area contributed by atoms with Crippen molar-refractivity contribution in [3.05, 3.63) is 48.0 Å². The Balaban J connectivity index is 1.95. The Kier molecular flexibility index (Phi) is 4.04. The summed E-state index contributed by atoms with van der Waals surface area (Å²) in [7, 11) is 0. The fourth-order valence-corrected chi connectivity index (χ4v) is 3.49. The van der Waals surface area contributed by atoms with Crippen molar-refractivity contribution < 1.29 is 0 Å². The lowest BCUT2D eigenvalue weighted by Crippen LogP contribution is -2.32. The third-order valence-electron chi connectivity index (χ3n) is 4.74. The van der Waals surface area contributed by atoms with Crippen LogP contribution in [0.4, 0.5) is 0 Å². The molecule has 0 aromatic heterocycles. The van der Waals surface area contributed by atoms with Crippen LogP contribution >= 0.6 is 0 Å². The number of nitrogens with zero attached hydrogens (tertiary/aromatic N) is 1. The second kappa shape index (κ2) is 5.94. The first-order valence-corrected chi connectivity index (χ1v) is 7.75. The van der Waals surface area contributed by atoms with Gasteiger partial charge >= 0.3 is 0 Å². The monoisotopic (exact) mass is 268 g/mol. The number of likely N-dealkylation sites (tertiary alicyclic amines) is 1. The van der Waals surface area contributed by atoms with Crippen LogP contribution in [0.5, 0.6) is 0 Å². The van der Waals surface area contributed by atoms with Crippen LogP contribution in [-0.2, 0) is 0 Å². The Hall–Kier alpha value is -1.38. The van der Waals surface area contributed by atoms with E-state index in [0.29, 0.717) is 12.6 Å². The van der Waals surface area contributed by atoms with E-state index >= 15 is 0 Å². The molecule has 1 heterocycles. The molecule has 2 heteroatoms. The van der Waals surface area contributed by atoms with Gasteiger partial charge in [-0.3, -0.25) is 4.90 Å². The average molecular weight is 268 g/mol. The number of hydrogen-bond acceptors (Lipinski definition) is 2. The number of benzene rings is 2. The molecule has 2 N–H and O–H groups in total. The molecule has 0 radical (unpaired) electrons. The highest BCUT2D eigenvalue weighted by molar-refractivity contribution is 5.86. The van der Waals surface area contributed by atoms with Gasteiger partial charge in [-0.25, -0.2) is 0 Å². The molecule has 0 amide bonds. The van der Waals surface area contributed by atoms with Crippen LogP contribution in [0.3, 0.4) is 0 Å². The van der Waals surface area contributed by atoms with Gasteiger partial charge in [0.2, 0.25) is 0 Å². The van der Waals surface area contributed by atoms with Crippen LogP contribution < -0.4 is 5.73 Å². The number of rotatable bonds is 4. The molecule has 3 rings (SSSR count). The molecule has 2 unspecified atom stereocenters. The molecule has 106 valence electrons. The molecule has 20 heavy (non-hydrogen) atoms. The minimum atomic E-state index is 0.359. The summed E-state index contributed by atoms with van der Waals surface area (Å²) < 4.78 is 0. The van der Waals surface area contributed by atoms with Gasteiger partial charge in [0.15, 0.2) is 0 Å². The third kappa shape index (κ3) is 2.46. The predicted octanol–water partition coefficient (Wildman–Crippen LogP) is 3.57. The van der Waals surface area contributed by atoms with Crippen LogP contribution in [0, 0.1) is 5.92 Å². The lowest BCUT2D eigenvalue weighted by atomic mass is 9.97. The lowest BCUT2D eigenvalue weighted by molar-refractivity contribution is 0.242. The molecule has 2 aromatic carbocycles. The number of fused-ring (bicyclic) bond motifs is 1. The summed E-state index contributed by atoms with van der Waals surface area (Å²) in [4.78, 5) is 2.58. The highest BCUT2D eigenvalue weighted by Crippen LogP contribution is 2.32. The van der Waals surface area contributed by atoms with Crippen molar-refractivity contribution in [3.63, 3.8) is 0 Å². The van der Waals surface area contributed by atoms with Gasteiger partial charge in [0.05, 0.1) is 0 Å². The summed E-state index contributed by atoms with van der Waals surface area (Å²) in [5.41, 5.74) is 7.51. The van der Waals surface area contributed by atoms with Crippen molar-refractivity contribution in [2.45, 2.75) is 25.8 Å². The standard InChI is InChI=1S/C18H24N2/c1-2-14-10-11-20(13-14)18(12-19)17-9-5-7-15-6-3-4-8-16(15)17/h3-9,14,18H,2,10-13,19H2,1H3. The van der Waals surface area contributed by atoms with Crippen LogP contribution in [0.2, 0.25) is 0 Å². The van der Waals surface area contributed by atoms with E-state index in [4.69, 9.17) is 5.73 Å². The molecule has 0 saturated carbocycles. The third-order valence-corrected chi connectivity index (χ3v) is 4.74. The zero-order valence-electron chi connectivity index (χ0n) is 12.3. The Bertz CT molecular complexity index is 573. The Morgan fingerprint density at radius 1 is 1.20 bits per heavy atom. The van der Waals surface area contributed by atoms with Crippen LogP contribution in [0.25, 0.3) is 10.8 Å². The van der Waals surface area contributed by atoms with Gasteiger partial charge in [0.25, 0.3) is 0 Å². The zero-order valence-corrected chi connectivity index (χ0v) is 12.3. The zero-order chi connectivity index (χ0) is 13.9. The molecule has 1 saturated heterocycles. The molecular formula is C18H24N2. The summed E-state index contributed by atoms with van der Waals surface area (Å²) >= 11 is 0. The molecule has 0 spiro atoms. The summed E-state index contributed by atoms with van der Waals surface area (Å²) in [6, 6.07) is 15.6. The van der Waals surface area contributed by atoms with Crippen molar-refractivity contribution in [1.82, 2.24) is 4.90 Å². The first-order chi connectivity index (χ1) is 9.83. The van der Waals surface area contributed by atoms with Gasteiger partial charge in [0.1, 0.15) is 0 Å². The molecule has 2 nitrogen and oxygen atoms in total. The van der Waals surface area contributed by atoms with E-state index in [-0.39, 0.29) is 0 Å². The predicted molar refractivity (Wildman–Crippen MR) is 85.7 cm³/mol. The molecule has 0 aliphatic carbocycles. The topological polar surface area (TPSA) is 29.3 Å². The quantitative estimate of drug-likeness (QED) is 0.918. The maximum absolute atomic E-state index is 6.12. The summed E-state index contributed by atoms with van der Waals surface area (Å²) in [6.45, 7) is 5.37. The van der Waals surface area contributed by atoms with E-state index in [9.17, 15) is 0 Å². The first kappa shape index (κ1) is 13.6. The second-order valence-corrected chi connectivity index (χ2v) is 5.88. The fourth-order valence-electron chi connectivity index (χ4n) is 3.49. The maximum atomic E-state index is 6.12. The van der Waals surface area contributed by atoms with Crippen molar-refractivity contribution in [1.29, 1.82) is 0 Å². The minimum absolute atomic E-state index is 0.359. The van der Waals surface area contributed by atoms with Crippen LogP contribution in [0.15, 0.2) is 42.5 Å². The van der Waals surface area contributed by atoms with E-state index in [1.165, 1.54) is 42.3 Å². The smallest absolute Gasteiger partial charge is 0.0476 e. The van der Waals surface area contributed by atoms with Gasteiger partial charge in [-0.2, -0.15) is 0 Å². The van der Waals surface area contributed by atoms with Gasteiger partial charge < -0.3 is 5.73 Å². The number of nitrogens with two attached hydrogens (primary N) is 1. The van der Waals surface area contributed by atoms with Gasteiger partial charge in [0, 0.05) is 19.1 Å². The molecule has 1 fully saturated rings. The van der Waals surface area contributed by atoms with Crippen molar-refractivity contribution in [2.75, 3.05) is 19.6 Å². The van der Waals surface area contributed by atoms with Crippen molar-refractivity contribution in [3.8, 4) is 0 Å². The Morgan fingerprint density at radius 3 is 2.75 bits per heavy atom. The van der Waals surface area contributed by atoms with E-state index in [1.54, 1.807) is 0 Å². The normalized spacial score (nSPS) is 21.4. The number of hydrogen-bond donors (Lipinski definition) is 1. The highest BCUT2D eigenvalue weighted by atomic mass is 15.2. The second-order valence-electron chi connectivity index (χ2n) is 5.88. The van der Waals surface area contributed by atoms with Crippen LogP contribution in [-0.4, -0.2) is 24.5 Å². The Labute approximate surface area is 121 Å². The largest absolute Gasteiger partial charge is 0.329 e. The minimum Gasteiger partial charge on any atom is -0.329 e. The molecule has 2 atom stereocenters. The van der Waals surface area contributed by atoms with E-state index in [2.05, 4.69) is 54.3 Å². The SMILES string of the molecule is CCC1CCN(C(CN)c2cccc3ccccc23)C1. The molecule has 1 aliphatic rings. The molecule has 0 bridgehead atoms. The average Bonchev–Trinajstić information content (AvgIpc) is 2.97. The van der Waals surface area contributed by atoms with Crippen molar-refractivity contribution in [2.24, 2.45) is 11.7 Å². The Morgan fingerprint density at radius 2 is 2.00 bits per heavy atom. The highest BCUT2D eigenvalue weighted by Gasteiger charge is 2.28. The lowest BCUT2D eigenvalue weighted by Gasteiger charge is -2.28. The summed E-state index contributed by atoms with van der Waals surface area (Å²) in [6.07, 6.45) is 2.60. The molecule has 1 aliphatic heterocycles. The van der Waals surface area contributed by atoms with E-state index in [0.717, 1.165) is 5.92 Å². The van der Waals surface area contributed by atoms with E-state index < -0.39 is 0 Å². The summed E-state index contributed by atoms with van der Waals surface area (Å²) in [5, 5.41) is 2.67. The van der Waals surface area contributed by atoms with Crippen molar-refractivity contribution >= 4 is 10.8 Å². The van der Waals surface area contributed by atoms with E-state index in [1.807, 2.05) is 0 Å².